The second-order valence-electron chi connectivity index (χ2n) is 4.35. The highest BCUT2D eigenvalue weighted by Gasteiger charge is 2.16. The Balaban J connectivity index is 4.10. The first kappa shape index (κ1) is 15.9. The number of nitrogens with zero attached hydrogens (tertiary/aromatic N) is 1. The van der Waals surface area contributed by atoms with Crippen LogP contribution in [-0.2, 0) is 19.4 Å². The van der Waals surface area contributed by atoms with E-state index in [1.165, 1.54) is 11.9 Å². The Kier molecular flexibility index (Phi) is 6.15. The minimum atomic E-state index is -3.09. The third-order valence-corrected chi connectivity index (χ3v) is 3.19. The quantitative estimate of drug-likeness (QED) is 0.699. The smallest absolute Gasteiger partial charge is 0.303 e. The van der Waals surface area contributed by atoms with Crippen LogP contribution in [0.4, 0.5) is 0 Å². The zero-order valence-electron chi connectivity index (χ0n) is 10.3. The summed E-state index contributed by atoms with van der Waals surface area (Å²) in [4.78, 5) is 23.3. The fourth-order valence-corrected chi connectivity index (χ4v) is 1.86. The van der Waals surface area contributed by atoms with Crippen molar-refractivity contribution in [2.24, 2.45) is 5.92 Å². The van der Waals surface area contributed by atoms with Crippen LogP contribution in [0, 0.1) is 5.92 Å². The lowest BCUT2D eigenvalue weighted by Gasteiger charge is -2.18. The van der Waals surface area contributed by atoms with Crippen molar-refractivity contribution in [2.75, 3.05) is 25.6 Å². The topological polar surface area (TPSA) is 91.8 Å². The summed E-state index contributed by atoms with van der Waals surface area (Å²) in [6, 6.07) is 0. The van der Waals surface area contributed by atoms with Crippen LogP contribution in [0.3, 0.4) is 0 Å². The highest BCUT2D eigenvalue weighted by Crippen LogP contribution is 2.09. The van der Waals surface area contributed by atoms with Crippen molar-refractivity contribution in [3.05, 3.63) is 0 Å². The minimum absolute atomic E-state index is 0.0638. The van der Waals surface area contributed by atoms with Gasteiger partial charge in [-0.05, 0) is 5.92 Å². The SMILES string of the molecule is CC(CC(=O)O)CC(=O)N(C)CCS(C)(=O)=O. The number of sulfone groups is 1. The molecule has 6 nitrogen and oxygen atoms in total. The number of hydrogen-bond donors (Lipinski definition) is 1. The van der Waals surface area contributed by atoms with Gasteiger partial charge in [0, 0.05) is 32.7 Å². The second-order valence-corrected chi connectivity index (χ2v) is 6.61. The monoisotopic (exact) mass is 265 g/mol. The summed E-state index contributed by atoms with van der Waals surface area (Å²) in [5.74, 6) is -1.50. The van der Waals surface area contributed by atoms with Gasteiger partial charge in [-0.2, -0.15) is 0 Å². The van der Waals surface area contributed by atoms with E-state index in [-0.39, 0.29) is 37.0 Å². The first-order valence-corrected chi connectivity index (χ1v) is 7.31. The van der Waals surface area contributed by atoms with Crippen molar-refractivity contribution in [1.29, 1.82) is 0 Å². The van der Waals surface area contributed by atoms with Gasteiger partial charge in [-0.25, -0.2) is 8.42 Å². The van der Waals surface area contributed by atoms with Crippen molar-refractivity contribution in [2.45, 2.75) is 19.8 Å². The lowest BCUT2D eigenvalue weighted by atomic mass is 10.0. The lowest BCUT2D eigenvalue weighted by molar-refractivity contribution is -0.138. The molecule has 0 heterocycles. The molecule has 0 radical (unpaired) electrons. The van der Waals surface area contributed by atoms with Gasteiger partial charge >= 0.3 is 5.97 Å². The number of carboxylic acid groups (broad SMARTS) is 1. The number of carboxylic acids is 1. The van der Waals surface area contributed by atoms with Crippen LogP contribution >= 0.6 is 0 Å². The molecule has 0 aliphatic carbocycles. The van der Waals surface area contributed by atoms with E-state index in [1.807, 2.05) is 0 Å². The third-order valence-electron chi connectivity index (χ3n) is 2.27. The lowest BCUT2D eigenvalue weighted by Crippen LogP contribution is -2.32. The zero-order chi connectivity index (χ0) is 13.6. The summed E-state index contributed by atoms with van der Waals surface area (Å²) in [5, 5.41) is 8.54. The standard InChI is InChI=1S/C10H19NO5S/c1-8(7-10(13)14)6-9(12)11(2)4-5-17(3,15)16/h8H,4-7H2,1-3H3,(H,13,14). The van der Waals surface area contributed by atoms with Crippen LogP contribution in [0.2, 0.25) is 0 Å². The van der Waals surface area contributed by atoms with Gasteiger partial charge in [0.1, 0.15) is 9.84 Å². The van der Waals surface area contributed by atoms with Crippen LogP contribution < -0.4 is 0 Å². The van der Waals surface area contributed by atoms with Crippen molar-refractivity contribution in [3.8, 4) is 0 Å². The molecule has 0 bridgehead atoms. The van der Waals surface area contributed by atoms with Crippen LogP contribution in [0.25, 0.3) is 0 Å². The van der Waals surface area contributed by atoms with Gasteiger partial charge in [-0.3, -0.25) is 9.59 Å². The molecule has 0 rings (SSSR count). The molecule has 0 aromatic rings. The highest BCUT2D eigenvalue weighted by molar-refractivity contribution is 7.90. The van der Waals surface area contributed by atoms with Crippen molar-refractivity contribution in [3.63, 3.8) is 0 Å². The van der Waals surface area contributed by atoms with E-state index in [4.69, 9.17) is 5.11 Å². The van der Waals surface area contributed by atoms with Gasteiger partial charge in [0.05, 0.1) is 5.75 Å². The van der Waals surface area contributed by atoms with Crippen molar-refractivity contribution >= 4 is 21.7 Å². The average molecular weight is 265 g/mol. The number of rotatable bonds is 7. The fourth-order valence-electron chi connectivity index (χ4n) is 1.25. The summed E-state index contributed by atoms with van der Waals surface area (Å²) in [7, 11) is -1.57. The van der Waals surface area contributed by atoms with Gasteiger partial charge in [0.2, 0.25) is 5.91 Å². The Labute approximate surface area is 102 Å². The Bertz CT molecular complexity index is 376. The molecule has 0 fully saturated rings. The summed E-state index contributed by atoms with van der Waals surface area (Å²) in [6.07, 6.45) is 1.16. The average Bonchev–Trinajstić information content (AvgIpc) is 2.11. The van der Waals surface area contributed by atoms with Crippen LogP contribution in [0.15, 0.2) is 0 Å². The summed E-state index contributed by atoms with van der Waals surface area (Å²) in [6.45, 7) is 1.81. The van der Waals surface area contributed by atoms with Crippen LogP contribution in [0.1, 0.15) is 19.8 Å². The summed E-state index contributed by atoms with van der Waals surface area (Å²) < 4.78 is 21.8. The van der Waals surface area contributed by atoms with E-state index in [1.54, 1.807) is 6.92 Å². The minimum Gasteiger partial charge on any atom is -0.481 e. The van der Waals surface area contributed by atoms with E-state index in [9.17, 15) is 18.0 Å². The van der Waals surface area contributed by atoms with Crippen molar-refractivity contribution < 1.29 is 23.1 Å². The first-order valence-electron chi connectivity index (χ1n) is 5.25. The maximum atomic E-state index is 11.6. The zero-order valence-corrected chi connectivity index (χ0v) is 11.2. The molecule has 0 saturated carbocycles. The van der Waals surface area contributed by atoms with E-state index in [0.29, 0.717) is 0 Å². The highest BCUT2D eigenvalue weighted by atomic mass is 32.2. The number of hydrogen-bond acceptors (Lipinski definition) is 4. The Morgan fingerprint density at radius 2 is 1.82 bits per heavy atom. The molecule has 7 heteroatoms. The molecule has 0 aliphatic heterocycles. The normalized spacial score (nSPS) is 13.1. The maximum Gasteiger partial charge on any atom is 0.303 e. The Morgan fingerprint density at radius 3 is 2.24 bits per heavy atom. The number of aliphatic carboxylic acids is 1. The van der Waals surface area contributed by atoms with E-state index in [0.717, 1.165) is 6.26 Å². The second kappa shape index (κ2) is 6.58. The fraction of sp³-hybridized carbons (Fsp3) is 0.800. The summed E-state index contributed by atoms with van der Waals surface area (Å²) in [5.41, 5.74) is 0. The van der Waals surface area contributed by atoms with Gasteiger partial charge in [-0.1, -0.05) is 6.92 Å². The van der Waals surface area contributed by atoms with Gasteiger partial charge in [0.15, 0.2) is 0 Å². The Hall–Kier alpha value is -1.11. The maximum absolute atomic E-state index is 11.6. The molecule has 100 valence electrons. The largest absolute Gasteiger partial charge is 0.481 e. The molecule has 0 aromatic carbocycles. The third kappa shape index (κ3) is 8.67. The molecular formula is C10H19NO5S. The van der Waals surface area contributed by atoms with Gasteiger partial charge < -0.3 is 10.0 Å². The number of carbonyl (C=O) groups is 2. The molecule has 0 spiro atoms. The van der Waals surface area contributed by atoms with E-state index < -0.39 is 15.8 Å². The number of amides is 1. The molecule has 17 heavy (non-hydrogen) atoms. The molecule has 0 aromatic heterocycles. The van der Waals surface area contributed by atoms with E-state index >= 15 is 0 Å². The predicted molar refractivity (Wildman–Crippen MR) is 63.4 cm³/mol. The molecule has 1 atom stereocenters. The molecule has 0 saturated heterocycles. The molecule has 1 N–H and O–H groups in total. The molecule has 1 unspecified atom stereocenters. The molecule has 1 amide bonds. The van der Waals surface area contributed by atoms with Crippen LogP contribution in [-0.4, -0.2) is 55.9 Å². The first-order chi connectivity index (χ1) is 7.61. The van der Waals surface area contributed by atoms with Gasteiger partial charge in [-0.15, -0.1) is 0 Å². The van der Waals surface area contributed by atoms with Crippen molar-refractivity contribution in [1.82, 2.24) is 4.90 Å². The predicted octanol–water partition coefficient (Wildman–Crippen LogP) is -0.00970. The van der Waals surface area contributed by atoms with Crippen LogP contribution in [0.5, 0.6) is 0 Å². The summed E-state index contributed by atoms with van der Waals surface area (Å²) >= 11 is 0. The van der Waals surface area contributed by atoms with Gasteiger partial charge in [0.25, 0.3) is 0 Å². The molecule has 0 aliphatic rings. The number of carbonyl (C=O) groups excluding carboxylic acids is 1. The molecular weight excluding hydrogens is 246 g/mol. The van der Waals surface area contributed by atoms with E-state index in [2.05, 4.69) is 0 Å². The Morgan fingerprint density at radius 1 is 1.29 bits per heavy atom.